The number of hydrogen-bond donors (Lipinski definition) is 2. The summed E-state index contributed by atoms with van der Waals surface area (Å²) in [7, 11) is 0. The molecule has 1 fully saturated rings. The number of carbonyl (C=O) groups is 1. The van der Waals surface area contributed by atoms with Crippen molar-refractivity contribution in [1.82, 2.24) is 10.3 Å². The Balaban J connectivity index is 1.75. The molecule has 3 rings (SSSR count). The molecule has 1 heterocycles. The Hall–Kier alpha value is -2.28. The molecule has 0 bridgehead atoms. The Labute approximate surface area is 153 Å². The number of alkyl halides is 3. The van der Waals surface area contributed by atoms with Gasteiger partial charge in [0.2, 0.25) is 0 Å². The van der Waals surface area contributed by atoms with E-state index in [1.807, 2.05) is 0 Å². The second-order valence-corrected chi connectivity index (χ2v) is 6.64. The predicted octanol–water partition coefficient (Wildman–Crippen LogP) is 5.17. The normalized spacial score (nSPS) is 15.1. The number of benzene rings is 1. The van der Waals surface area contributed by atoms with Crippen molar-refractivity contribution in [3.63, 3.8) is 0 Å². The summed E-state index contributed by atoms with van der Waals surface area (Å²) in [6.45, 7) is 0. The van der Waals surface area contributed by atoms with Crippen LogP contribution < -0.4 is 10.6 Å². The van der Waals surface area contributed by atoms with Gasteiger partial charge >= 0.3 is 6.18 Å². The minimum atomic E-state index is -4.55. The van der Waals surface area contributed by atoms with Gasteiger partial charge in [0.25, 0.3) is 5.91 Å². The largest absolute Gasteiger partial charge is 0.417 e. The standard InChI is InChI=1S/C18H17ClF3N3O/c19-16-6-5-13(8-15(16)18(20,21)22)24-14-7-11(9-23-10-14)17(26)25-12-3-1-2-4-12/h5-10,12,24H,1-4H2,(H,25,26). The molecule has 1 aliphatic carbocycles. The molecule has 0 spiro atoms. The lowest BCUT2D eigenvalue weighted by atomic mass is 10.1. The van der Waals surface area contributed by atoms with Crippen LogP contribution in [0, 0.1) is 0 Å². The quantitative estimate of drug-likeness (QED) is 0.765. The molecule has 138 valence electrons. The third-order valence-electron chi connectivity index (χ3n) is 4.25. The van der Waals surface area contributed by atoms with Gasteiger partial charge in [-0.3, -0.25) is 9.78 Å². The van der Waals surface area contributed by atoms with Crippen molar-refractivity contribution in [3.05, 3.63) is 52.8 Å². The van der Waals surface area contributed by atoms with Gasteiger partial charge < -0.3 is 10.6 Å². The predicted molar refractivity (Wildman–Crippen MR) is 93.7 cm³/mol. The van der Waals surface area contributed by atoms with E-state index in [0.717, 1.165) is 31.7 Å². The summed E-state index contributed by atoms with van der Waals surface area (Å²) in [6, 6.07) is 5.26. The Morgan fingerprint density at radius 2 is 1.85 bits per heavy atom. The van der Waals surface area contributed by atoms with Gasteiger partial charge in [0.1, 0.15) is 0 Å². The maximum Gasteiger partial charge on any atom is 0.417 e. The van der Waals surface area contributed by atoms with Gasteiger partial charge in [-0.15, -0.1) is 0 Å². The number of anilines is 2. The fourth-order valence-electron chi connectivity index (χ4n) is 2.96. The molecule has 8 heteroatoms. The number of halogens is 4. The topological polar surface area (TPSA) is 54.0 Å². The molecular formula is C18H17ClF3N3O. The minimum Gasteiger partial charge on any atom is -0.354 e. The second-order valence-electron chi connectivity index (χ2n) is 6.23. The van der Waals surface area contributed by atoms with Crippen LogP contribution in [0.4, 0.5) is 24.5 Å². The lowest BCUT2D eigenvalue weighted by molar-refractivity contribution is -0.137. The van der Waals surface area contributed by atoms with Crippen LogP contribution in [-0.2, 0) is 6.18 Å². The van der Waals surface area contributed by atoms with Gasteiger partial charge in [0.05, 0.1) is 28.0 Å². The van der Waals surface area contributed by atoms with Crippen molar-refractivity contribution in [3.8, 4) is 0 Å². The number of nitrogens with zero attached hydrogens (tertiary/aromatic N) is 1. The highest BCUT2D eigenvalue weighted by molar-refractivity contribution is 6.31. The van der Waals surface area contributed by atoms with Crippen molar-refractivity contribution in [2.45, 2.75) is 37.9 Å². The number of hydrogen-bond acceptors (Lipinski definition) is 3. The van der Waals surface area contributed by atoms with E-state index in [1.165, 1.54) is 24.5 Å². The van der Waals surface area contributed by atoms with Crippen LogP contribution in [0.3, 0.4) is 0 Å². The zero-order valence-electron chi connectivity index (χ0n) is 13.7. The summed E-state index contributed by atoms with van der Waals surface area (Å²) in [5.74, 6) is -0.236. The number of carbonyl (C=O) groups excluding carboxylic acids is 1. The molecule has 0 atom stereocenters. The summed E-state index contributed by atoms with van der Waals surface area (Å²) in [5.41, 5.74) is 0.0514. The molecule has 1 saturated carbocycles. The first kappa shape index (κ1) is 18.5. The van der Waals surface area contributed by atoms with Crippen LogP contribution >= 0.6 is 11.6 Å². The first-order chi connectivity index (χ1) is 12.3. The van der Waals surface area contributed by atoms with Gasteiger partial charge in [0.15, 0.2) is 0 Å². The van der Waals surface area contributed by atoms with Crippen LogP contribution in [-0.4, -0.2) is 16.9 Å². The van der Waals surface area contributed by atoms with Gasteiger partial charge in [-0.05, 0) is 37.1 Å². The molecule has 0 unspecified atom stereocenters. The highest BCUT2D eigenvalue weighted by Crippen LogP contribution is 2.36. The van der Waals surface area contributed by atoms with E-state index in [1.54, 1.807) is 6.07 Å². The number of pyridine rings is 1. The van der Waals surface area contributed by atoms with E-state index in [9.17, 15) is 18.0 Å². The average Bonchev–Trinajstić information content (AvgIpc) is 3.09. The van der Waals surface area contributed by atoms with Crippen molar-refractivity contribution in [2.75, 3.05) is 5.32 Å². The van der Waals surface area contributed by atoms with E-state index >= 15 is 0 Å². The Bertz CT molecular complexity index is 805. The number of nitrogens with one attached hydrogen (secondary N) is 2. The molecule has 26 heavy (non-hydrogen) atoms. The van der Waals surface area contributed by atoms with Crippen LogP contribution in [0.15, 0.2) is 36.7 Å². The average molecular weight is 384 g/mol. The molecule has 0 aliphatic heterocycles. The number of rotatable bonds is 4. The highest BCUT2D eigenvalue weighted by atomic mass is 35.5. The fourth-order valence-corrected chi connectivity index (χ4v) is 3.18. The lowest BCUT2D eigenvalue weighted by Crippen LogP contribution is -2.32. The maximum absolute atomic E-state index is 13.0. The summed E-state index contributed by atoms with van der Waals surface area (Å²) in [5, 5.41) is 5.41. The third kappa shape index (κ3) is 4.46. The maximum atomic E-state index is 13.0. The molecular weight excluding hydrogens is 367 g/mol. The molecule has 2 N–H and O–H groups in total. The third-order valence-corrected chi connectivity index (χ3v) is 4.58. The van der Waals surface area contributed by atoms with E-state index in [4.69, 9.17) is 11.6 Å². The van der Waals surface area contributed by atoms with Crippen molar-refractivity contribution in [1.29, 1.82) is 0 Å². The van der Waals surface area contributed by atoms with E-state index in [-0.39, 0.29) is 22.7 Å². The molecule has 1 amide bonds. The Morgan fingerprint density at radius 1 is 1.12 bits per heavy atom. The summed E-state index contributed by atoms with van der Waals surface area (Å²) >= 11 is 5.62. The van der Waals surface area contributed by atoms with Gasteiger partial charge in [-0.2, -0.15) is 13.2 Å². The Kier molecular flexibility index (Phi) is 5.36. The molecule has 0 radical (unpaired) electrons. The summed E-state index contributed by atoms with van der Waals surface area (Å²) in [6.07, 6.45) is 2.44. The van der Waals surface area contributed by atoms with E-state index in [2.05, 4.69) is 15.6 Å². The molecule has 1 aromatic heterocycles. The number of aromatic nitrogens is 1. The van der Waals surface area contributed by atoms with E-state index in [0.29, 0.717) is 11.3 Å². The van der Waals surface area contributed by atoms with Gasteiger partial charge in [-0.1, -0.05) is 24.4 Å². The Morgan fingerprint density at radius 3 is 2.54 bits per heavy atom. The van der Waals surface area contributed by atoms with Crippen LogP contribution in [0.2, 0.25) is 5.02 Å². The van der Waals surface area contributed by atoms with Gasteiger partial charge in [0, 0.05) is 17.9 Å². The van der Waals surface area contributed by atoms with Crippen molar-refractivity contribution < 1.29 is 18.0 Å². The lowest BCUT2D eigenvalue weighted by Gasteiger charge is -2.14. The molecule has 4 nitrogen and oxygen atoms in total. The van der Waals surface area contributed by atoms with Crippen LogP contribution in [0.1, 0.15) is 41.6 Å². The second kappa shape index (κ2) is 7.53. The first-order valence-corrected chi connectivity index (χ1v) is 8.60. The smallest absolute Gasteiger partial charge is 0.354 e. The zero-order valence-corrected chi connectivity index (χ0v) is 14.5. The van der Waals surface area contributed by atoms with Crippen molar-refractivity contribution >= 4 is 28.9 Å². The monoisotopic (exact) mass is 383 g/mol. The SMILES string of the molecule is O=C(NC1CCCC1)c1cncc(Nc2ccc(Cl)c(C(F)(F)F)c2)c1. The fraction of sp³-hybridized carbons (Fsp3) is 0.333. The molecule has 0 saturated heterocycles. The highest BCUT2D eigenvalue weighted by Gasteiger charge is 2.33. The van der Waals surface area contributed by atoms with Crippen LogP contribution in [0.25, 0.3) is 0 Å². The molecule has 2 aromatic rings. The van der Waals surface area contributed by atoms with Crippen molar-refractivity contribution in [2.24, 2.45) is 0 Å². The minimum absolute atomic E-state index is 0.171. The number of amides is 1. The van der Waals surface area contributed by atoms with E-state index < -0.39 is 11.7 Å². The molecule has 1 aliphatic rings. The molecule has 1 aromatic carbocycles. The summed E-state index contributed by atoms with van der Waals surface area (Å²) < 4.78 is 38.9. The summed E-state index contributed by atoms with van der Waals surface area (Å²) in [4.78, 5) is 16.3. The first-order valence-electron chi connectivity index (χ1n) is 8.22. The zero-order chi connectivity index (χ0) is 18.7. The van der Waals surface area contributed by atoms with Crippen LogP contribution in [0.5, 0.6) is 0 Å². The van der Waals surface area contributed by atoms with Gasteiger partial charge in [-0.25, -0.2) is 0 Å².